The topological polar surface area (TPSA) is 86.2 Å². The Bertz CT molecular complexity index is 1060. The van der Waals surface area contributed by atoms with Crippen LogP contribution >= 0.6 is 11.3 Å². The number of hydrogen-bond donors (Lipinski definition) is 1. The largest absolute Gasteiger partial charge is 0.493 e. The first-order valence-electron chi connectivity index (χ1n) is 10.9. The SMILES string of the molecule is CCc1cnc(-c2cc(OCC3CCOC3)cc(C(=O)N[C@H](C)c3ccc(C)nn3)c2)s1. The van der Waals surface area contributed by atoms with Crippen molar-refractivity contribution in [2.75, 3.05) is 19.8 Å². The zero-order valence-corrected chi connectivity index (χ0v) is 19.4. The number of amides is 1. The Morgan fingerprint density at radius 1 is 1.31 bits per heavy atom. The summed E-state index contributed by atoms with van der Waals surface area (Å²) in [4.78, 5) is 18.8. The summed E-state index contributed by atoms with van der Waals surface area (Å²) in [6.45, 7) is 7.95. The van der Waals surface area contributed by atoms with E-state index in [2.05, 4.69) is 27.4 Å². The second kappa shape index (κ2) is 10.2. The second-order valence-electron chi connectivity index (χ2n) is 8.07. The fourth-order valence-electron chi connectivity index (χ4n) is 3.46. The van der Waals surface area contributed by atoms with Crippen molar-refractivity contribution in [1.29, 1.82) is 0 Å². The maximum Gasteiger partial charge on any atom is 0.251 e. The van der Waals surface area contributed by atoms with Crippen molar-refractivity contribution in [1.82, 2.24) is 20.5 Å². The van der Waals surface area contributed by atoms with Gasteiger partial charge in [-0.25, -0.2) is 4.98 Å². The zero-order valence-electron chi connectivity index (χ0n) is 18.6. The second-order valence-corrected chi connectivity index (χ2v) is 9.18. The van der Waals surface area contributed by atoms with Gasteiger partial charge in [0.25, 0.3) is 5.91 Å². The highest BCUT2D eigenvalue weighted by Gasteiger charge is 2.19. The number of carbonyl (C=O) groups excluding carboxylic acids is 1. The molecule has 2 aromatic heterocycles. The molecule has 0 radical (unpaired) electrons. The van der Waals surface area contributed by atoms with Crippen molar-refractivity contribution in [3.05, 3.63) is 58.4 Å². The van der Waals surface area contributed by atoms with Gasteiger partial charge in [0.1, 0.15) is 10.8 Å². The monoisotopic (exact) mass is 452 g/mol. The van der Waals surface area contributed by atoms with E-state index in [0.29, 0.717) is 36.1 Å². The van der Waals surface area contributed by atoms with E-state index in [1.165, 1.54) is 4.88 Å². The van der Waals surface area contributed by atoms with E-state index in [9.17, 15) is 4.79 Å². The van der Waals surface area contributed by atoms with Crippen LogP contribution in [-0.2, 0) is 11.2 Å². The minimum absolute atomic E-state index is 0.192. The van der Waals surface area contributed by atoms with Crippen molar-refractivity contribution < 1.29 is 14.3 Å². The Kier molecular flexibility index (Phi) is 7.12. The highest BCUT2D eigenvalue weighted by Crippen LogP contribution is 2.30. The molecule has 0 saturated carbocycles. The molecule has 1 N–H and O–H groups in total. The van der Waals surface area contributed by atoms with Gasteiger partial charge in [0.15, 0.2) is 0 Å². The summed E-state index contributed by atoms with van der Waals surface area (Å²) < 4.78 is 11.5. The van der Waals surface area contributed by atoms with Gasteiger partial charge in [0, 0.05) is 34.7 Å². The van der Waals surface area contributed by atoms with Crippen LogP contribution in [0.5, 0.6) is 5.75 Å². The summed E-state index contributed by atoms with van der Waals surface area (Å²) in [6.07, 6.45) is 3.81. The summed E-state index contributed by atoms with van der Waals surface area (Å²) in [5.74, 6) is 0.848. The minimum Gasteiger partial charge on any atom is -0.493 e. The Labute approximate surface area is 192 Å². The highest BCUT2D eigenvalue weighted by atomic mass is 32.1. The average Bonchev–Trinajstić information content (AvgIpc) is 3.50. The molecular formula is C24H28N4O3S. The van der Waals surface area contributed by atoms with Gasteiger partial charge in [-0.3, -0.25) is 4.79 Å². The molecule has 7 nitrogen and oxygen atoms in total. The van der Waals surface area contributed by atoms with E-state index in [1.807, 2.05) is 44.3 Å². The van der Waals surface area contributed by atoms with Crippen LogP contribution in [0.15, 0.2) is 36.5 Å². The molecule has 1 aromatic carbocycles. The molecular weight excluding hydrogens is 424 g/mol. The van der Waals surface area contributed by atoms with Gasteiger partial charge in [0.2, 0.25) is 0 Å². The summed E-state index contributed by atoms with van der Waals surface area (Å²) in [6, 6.07) is 9.11. The molecule has 1 unspecified atom stereocenters. The molecule has 168 valence electrons. The van der Waals surface area contributed by atoms with Crippen LogP contribution < -0.4 is 10.1 Å². The van der Waals surface area contributed by atoms with Gasteiger partial charge >= 0.3 is 0 Å². The summed E-state index contributed by atoms with van der Waals surface area (Å²) in [5, 5.41) is 12.2. The fourth-order valence-corrected chi connectivity index (χ4v) is 4.30. The van der Waals surface area contributed by atoms with Crippen LogP contribution in [-0.4, -0.2) is 40.9 Å². The molecule has 3 heterocycles. The molecule has 0 aliphatic carbocycles. The molecule has 2 atom stereocenters. The number of rotatable bonds is 8. The minimum atomic E-state index is -0.272. The molecule has 1 fully saturated rings. The number of thiazole rings is 1. The number of aromatic nitrogens is 3. The van der Waals surface area contributed by atoms with Crippen molar-refractivity contribution in [2.24, 2.45) is 5.92 Å². The number of benzene rings is 1. The van der Waals surface area contributed by atoms with Gasteiger partial charge in [-0.1, -0.05) is 6.92 Å². The van der Waals surface area contributed by atoms with Crippen molar-refractivity contribution >= 4 is 17.2 Å². The fraction of sp³-hybridized carbons (Fsp3) is 0.417. The number of aryl methyl sites for hydroxylation is 2. The van der Waals surface area contributed by atoms with Gasteiger partial charge in [-0.15, -0.1) is 11.3 Å². The Morgan fingerprint density at radius 2 is 2.19 bits per heavy atom. The number of nitrogens with one attached hydrogen (secondary N) is 1. The third kappa shape index (κ3) is 5.49. The van der Waals surface area contributed by atoms with Gasteiger partial charge in [0.05, 0.1) is 30.6 Å². The summed E-state index contributed by atoms with van der Waals surface area (Å²) in [5.41, 5.74) is 2.96. The first-order valence-corrected chi connectivity index (χ1v) is 11.7. The first-order chi connectivity index (χ1) is 15.5. The van der Waals surface area contributed by atoms with E-state index >= 15 is 0 Å². The summed E-state index contributed by atoms with van der Waals surface area (Å²) in [7, 11) is 0. The Hall–Kier alpha value is -2.84. The quantitative estimate of drug-likeness (QED) is 0.546. The molecule has 1 saturated heterocycles. The van der Waals surface area contributed by atoms with Crippen LogP contribution in [0.2, 0.25) is 0 Å². The maximum absolute atomic E-state index is 13.1. The van der Waals surface area contributed by atoms with Crippen molar-refractivity contribution in [2.45, 2.75) is 39.7 Å². The molecule has 1 amide bonds. The van der Waals surface area contributed by atoms with Gasteiger partial charge in [-0.05, 0) is 57.0 Å². The van der Waals surface area contributed by atoms with Crippen LogP contribution in [0.25, 0.3) is 10.6 Å². The number of nitrogens with zero attached hydrogens (tertiary/aromatic N) is 3. The lowest BCUT2D eigenvalue weighted by atomic mass is 10.1. The molecule has 32 heavy (non-hydrogen) atoms. The first kappa shape index (κ1) is 22.4. The predicted octanol–water partition coefficient (Wildman–Crippen LogP) is 4.38. The lowest BCUT2D eigenvalue weighted by Crippen LogP contribution is -2.27. The molecule has 0 bridgehead atoms. The van der Waals surface area contributed by atoms with Crippen LogP contribution in [0.4, 0.5) is 0 Å². The van der Waals surface area contributed by atoms with E-state index in [-0.39, 0.29) is 11.9 Å². The third-order valence-corrected chi connectivity index (χ3v) is 6.63. The third-order valence-electron chi connectivity index (χ3n) is 5.44. The Balaban J connectivity index is 1.56. The number of ether oxygens (including phenoxy) is 2. The molecule has 8 heteroatoms. The normalized spacial score (nSPS) is 16.7. The van der Waals surface area contributed by atoms with Gasteiger partial charge < -0.3 is 14.8 Å². The Morgan fingerprint density at radius 3 is 2.88 bits per heavy atom. The smallest absolute Gasteiger partial charge is 0.251 e. The maximum atomic E-state index is 13.1. The van der Waals surface area contributed by atoms with Crippen molar-refractivity contribution in [3.63, 3.8) is 0 Å². The number of carbonyl (C=O) groups is 1. The molecule has 3 aromatic rings. The molecule has 1 aliphatic rings. The van der Waals surface area contributed by atoms with E-state index in [0.717, 1.165) is 35.7 Å². The lowest BCUT2D eigenvalue weighted by molar-refractivity contribution is 0.0938. The standard InChI is InChI=1S/C24H28N4O3S/c1-4-21-12-25-24(32-21)19-9-18(10-20(11-19)31-14-17-7-8-30-13-17)23(29)26-16(3)22-6-5-15(2)27-28-22/h5-6,9-12,16-17H,4,7-8,13-14H2,1-3H3,(H,26,29)/t16-,17?/m1/s1. The van der Waals surface area contributed by atoms with E-state index < -0.39 is 0 Å². The molecule has 1 aliphatic heterocycles. The molecule has 4 rings (SSSR count). The van der Waals surface area contributed by atoms with E-state index in [4.69, 9.17) is 9.47 Å². The summed E-state index contributed by atoms with van der Waals surface area (Å²) >= 11 is 1.63. The average molecular weight is 453 g/mol. The van der Waals surface area contributed by atoms with Crippen LogP contribution in [0.1, 0.15) is 52.9 Å². The lowest BCUT2D eigenvalue weighted by Gasteiger charge is -2.15. The highest BCUT2D eigenvalue weighted by molar-refractivity contribution is 7.15. The zero-order chi connectivity index (χ0) is 22.5. The van der Waals surface area contributed by atoms with Crippen LogP contribution in [0, 0.1) is 12.8 Å². The van der Waals surface area contributed by atoms with Crippen molar-refractivity contribution in [3.8, 4) is 16.3 Å². The van der Waals surface area contributed by atoms with E-state index in [1.54, 1.807) is 17.4 Å². The number of hydrogen-bond acceptors (Lipinski definition) is 7. The molecule has 0 spiro atoms. The van der Waals surface area contributed by atoms with Gasteiger partial charge in [-0.2, -0.15) is 10.2 Å². The predicted molar refractivity (Wildman–Crippen MR) is 124 cm³/mol. The van der Waals surface area contributed by atoms with Crippen LogP contribution in [0.3, 0.4) is 0 Å².